The molecule has 1 aromatic carbocycles. The molecule has 7 heteroatoms. The Morgan fingerprint density at radius 1 is 1.32 bits per heavy atom. The number of carbonyl (C=O) groups is 2. The first-order chi connectivity index (χ1) is 11.9. The van der Waals surface area contributed by atoms with Gasteiger partial charge in [-0.2, -0.15) is 0 Å². The fourth-order valence-corrected chi connectivity index (χ4v) is 3.09. The maximum absolute atomic E-state index is 12.4. The monoisotopic (exact) mass is 350 g/mol. The van der Waals surface area contributed by atoms with E-state index in [-0.39, 0.29) is 30.6 Å². The molecule has 2 rings (SSSR count). The van der Waals surface area contributed by atoms with Gasteiger partial charge in [-0.3, -0.25) is 9.59 Å². The first kappa shape index (κ1) is 19.2. The highest BCUT2D eigenvalue weighted by Gasteiger charge is 2.28. The van der Waals surface area contributed by atoms with Crippen LogP contribution >= 0.6 is 0 Å². The minimum atomic E-state index is -0.234. The van der Waals surface area contributed by atoms with Gasteiger partial charge in [-0.1, -0.05) is 6.07 Å². The number of methoxy groups -OCH3 is 1. The highest BCUT2D eigenvalue weighted by atomic mass is 16.5. The van der Waals surface area contributed by atoms with Crippen LogP contribution in [0.15, 0.2) is 24.3 Å². The van der Waals surface area contributed by atoms with Gasteiger partial charge in [-0.05, 0) is 26.0 Å². The van der Waals surface area contributed by atoms with E-state index < -0.39 is 0 Å². The zero-order valence-corrected chi connectivity index (χ0v) is 15.4. The maximum atomic E-state index is 12.4. The third-order valence-electron chi connectivity index (χ3n) is 4.18. The van der Waals surface area contributed by atoms with Gasteiger partial charge < -0.3 is 24.6 Å². The number of benzene rings is 1. The van der Waals surface area contributed by atoms with Crippen LogP contribution in [0.1, 0.15) is 13.8 Å². The molecule has 2 N–H and O–H groups in total. The molecule has 1 heterocycles. The average Bonchev–Trinajstić information content (AvgIpc) is 2.53. The van der Waals surface area contributed by atoms with Crippen molar-refractivity contribution in [3.8, 4) is 5.75 Å². The lowest BCUT2D eigenvalue weighted by Gasteiger charge is -2.32. The molecule has 1 aromatic rings. The van der Waals surface area contributed by atoms with Gasteiger partial charge in [-0.15, -0.1) is 0 Å². The lowest BCUT2D eigenvalue weighted by atomic mass is 10.2. The first-order valence-corrected chi connectivity index (χ1v) is 8.54. The van der Waals surface area contributed by atoms with Crippen LogP contribution in [0.2, 0.25) is 0 Å². The van der Waals surface area contributed by atoms with Crippen LogP contribution in [0.4, 0.5) is 5.69 Å². The summed E-state index contributed by atoms with van der Waals surface area (Å²) in [5, 5.41) is 2.78. The number of quaternary nitrogens is 1. The summed E-state index contributed by atoms with van der Waals surface area (Å²) >= 11 is 0. The SMILES string of the molecule is COc1cccc(NC(=O)CN(C)C(=O)C[NH+]2C[C@H](C)O[C@@H](C)C2)c1. The molecular weight excluding hydrogens is 322 g/mol. The lowest BCUT2D eigenvalue weighted by molar-refractivity contribution is -0.907. The van der Waals surface area contributed by atoms with Crippen LogP contribution in [-0.2, 0) is 14.3 Å². The molecule has 0 aliphatic carbocycles. The van der Waals surface area contributed by atoms with Crippen molar-refractivity contribution in [2.45, 2.75) is 26.1 Å². The van der Waals surface area contributed by atoms with Crippen molar-refractivity contribution in [2.75, 3.05) is 45.7 Å². The van der Waals surface area contributed by atoms with Gasteiger partial charge >= 0.3 is 0 Å². The quantitative estimate of drug-likeness (QED) is 0.744. The van der Waals surface area contributed by atoms with Gasteiger partial charge in [0, 0.05) is 18.8 Å². The zero-order valence-electron chi connectivity index (χ0n) is 15.4. The number of morpholine rings is 1. The number of hydrogen-bond donors (Lipinski definition) is 2. The van der Waals surface area contributed by atoms with Gasteiger partial charge in [0.1, 0.15) is 31.0 Å². The summed E-state index contributed by atoms with van der Waals surface area (Å²) in [5.74, 6) is 0.390. The van der Waals surface area contributed by atoms with E-state index in [4.69, 9.17) is 9.47 Å². The van der Waals surface area contributed by atoms with Gasteiger partial charge in [0.2, 0.25) is 5.91 Å². The van der Waals surface area contributed by atoms with Crippen LogP contribution < -0.4 is 15.0 Å². The minimum absolute atomic E-state index is 0.0188. The number of anilines is 1. The van der Waals surface area contributed by atoms with Crippen molar-refractivity contribution in [1.82, 2.24) is 4.90 Å². The van der Waals surface area contributed by atoms with Crippen molar-refractivity contribution in [3.63, 3.8) is 0 Å². The number of carbonyl (C=O) groups excluding carboxylic acids is 2. The van der Waals surface area contributed by atoms with E-state index >= 15 is 0 Å². The maximum Gasteiger partial charge on any atom is 0.277 e. The molecule has 0 bridgehead atoms. The summed E-state index contributed by atoms with van der Waals surface area (Å²) in [7, 11) is 3.23. The molecule has 0 radical (unpaired) electrons. The van der Waals surface area contributed by atoms with Crippen LogP contribution in [0.5, 0.6) is 5.75 Å². The molecule has 7 nitrogen and oxygen atoms in total. The van der Waals surface area contributed by atoms with Gasteiger partial charge in [-0.25, -0.2) is 0 Å². The minimum Gasteiger partial charge on any atom is -0.497 e. The number of nitrogens with zero attached hydrogens (tertiary/aromatic N) is 1. The molecule has 2 amide bonds. The fourth-order valence-electron chi connectivity index (χ4n) is 3.09. The summed E-state index contributed by atoms with van der Waals surface area (Å²) in [6.07, 6.45) is 0.293. The zero-order chi connectivity index (χ0) is 18.4. The summed E-state index contributed by atoms with van der Waals surface area (Å²) in [5.41, 5.74) is 0.645. The Hall–Kier alpha value is -2.12. The van der Waals surface area contributed by atoms with E-state index in [0.29, 0.717) is 18.0 Å². The Bertz CT molecular complexity index is 598. The van der Waals surface area contributed by atoms with E-state index in [1.165, 1.54) is 9.80 Å². The first-order valence-electron chi connectivity index (χ1n) is 8.54. The summed E-state index contributed by atoms with van der Waals surface area (Å²) in [4.78, 5) is 27.2. The number of nitrogens with one attached hydrogen (secondary N) is 2. The Labute approximate surface area is 148 Å². The molecule has 1 fully saturated rings. The molecule has 1 aliphatic heterocycles. The molecule has 25 heavy (non-hydrogen) atoms. The molecule has 1 saturated heterocycles. The molecule has 0 saturated carbocycles. The number of amides is 2. The van der Waals surface area contributed by atoms with E-state index in [0.717, 1.165) is 13.1 Å². The molecule has 138 valence electrons. The van der Waals surface area contributed by atoms with Gasteiger partial charge in [0.05, 0.1) is 13.7 Å². The summed E-state index contributed by atoms with van der Waals surface area (Å²) < 4.78 is 10.8. The van der Waals surface area contributed by atoms with Crippen molar-refractivity contribution >= 4 is 17.5 Å². The van der Waals surface area contributed by atoms with E-state index in [1.54, 1.807) is 38.4 Å². The number of rotatable bonds is 6. The molecule has 1 aliphatic rings. The Morgan fingerprint density at radius 2 is 2.00 bits per heavy atom. The third-order valence-corrected chi connectivity index (χ3v) is 4.18. The predicted molar refractivity (Wildman–Crippen MR) is 94.8 cm³/mol. The van der Waals surface area contributed by atoms with Gasteiger partial charge in [0.25, 0.3) is 5.91 Å². The van der Waals surface area contributed by atoms with Crippen molar-refractivity contribution < 1.29 is 24.0 Å². The van der Waals surface area contributed by atoms with E-state index in [9.17, 15) is 9.59 Å². The second-order valence-corrected chi connectivity index (χ2v) is 6.62. The van der Waals surface area contributed by atoms with Crippen molar-refractivity contribution in [1.29, 1.82) is 0 Å². The normalized spacial score (nSPS) is 23.0. The highest BCUT2D eigenvalue weighted by Crippen LogP contribution is 2.16. The molecule has 2 atom stereocenters. The highest BCUT2D eigenvalue weighted by molar-refractivity contribution is 5.94. The Kier molecular flexibility index (Phi) is 6.78. The van der Waals surface area contributed by atoms with Crippen LogP contribution in [0, 0.1) is 0 Å². The summed E-state index contributed by atoms with van der Waals surface area (Å²) in [6.45, 7) is 6.04. The number of likely N-dealkylation sites (N-methyl/N-ethyl adjacent to an activating group) is 1. The second-order valence-electron chi connectivity index (χ2n) is 6.62. The molecule has 0 aromatic heterocycles. The fraction of sp³-hybridized carbons (Fsp3) is 0.556. The molecule has 0 unspecified atom stereocenters. The Morgan fingerprint density at radius 3 is 2.64 bits per heavy atom. The van der Waals surface area contributed by atoms with E-state index in [2.05, 4.69) is 5.32 Å². The third kappa shape index (κ3) is 6.03. The smallest absolute Gasteiger partial charge is 0.277 e. The topological polar surface area (TPSA) is 72.3 Å². The van der Waals surface area contributed by atoms with Crippen LogP contribution in [-0.4, -0.2) is 69.3 Å². The van der Waals surface area contributed by atoms with E-state index in [1.807, 2.05) is 13.8 Å². The van der Waals surface area contributed by atoms with Crippen LogP contribution in [0.25, 0.3) is 0 Å². The lowest BCUT2D eigenvalue weighted by Crippen LogP contribution is -3.16. The van der Waals surface area contributed by atoms with Crippen LogP contribution in [0.3, 0.4) is 0 Å². The van der Waals surface area contributed by atoms with Gasteiger partial charge in [0.15, 0.2) is 6.54 Å². The molecular formula is C18H28N3O4+. The molecule has 0 spiro atoms. The number of ether oxygens (including phenoxy) is 2. The largest absolute Gasteiger partial charge is 0.497 e. The summed E-state index contributed by atoms with van der Waals surface area (Å²) in [6, 6.07) is 7.12. The standard InChI is InChI=1S/C18H27N3O4/c1-13-9-21(10-14(2)25-13)12-18(23)20(3)11-17(22)19-15-6-5-7-16(8-15)24-4/h5-8,13-14H,9-12H2,1-4H3,(H,19,22)/p+1/t13-,14-/m0/s1. The predicted octanol–water partition coefficient (Wildman–Crippen LogP) is -0.216. The van der Waals surface area contributed by atoms with Crippen molar-refractivity contribution in [2.24, 2.45) is 0 Å². The number of hydrogen-bond acceptors (Lipinski definition) is 4. The average molecular weight is 350 g/mol. The van der Waals surface area contributed by atoms with Crippen molar-refractivity contribution in [3.05, 3.63) is 24.3 Å². The second kappa shape index (κ2) is 8.82. The Balaban J connectivity index is 1.82.